The zero-order valence-electron chi connectivity index (χ0n) is 6.59. The maximum atomic E-state index is 10.5. The van der Waals surface area contributed by atoms with Crippen molar-refractivity contribution in [2.24, 2.45) is 5.73 Å². The lowest BCUT2D eigenvalue weighted by Gasteiger charge is -2.12. The van der Waals surface area contributed by atoms with Crippen molar-refractivity contribution in [2.75, 3.05) is 6.61 Å². The summed E-state index contributed by atoms with van der Waals surface area (Å²) in [5.74, 6) is -1.04. The van der Waals surface area contributed by atoms with Crippen LogP contribution in [0, 0.1) is 0 Å². The number of carbonyl (C=O) groups excluding carboxylic acids is 2. The normalized spacial score (nSPS) is 12.2. The zero-order chi connectivity index (χ0) is 8.85. The van der Waals surface area contributed by atoms with Gasteiger partial charge in [0, 0.05) is 13.5 Å². The van der Waals surface area contributed by atoms with Crippen molar-refractivity contribution in [3.8, 4) is 0 Å². The van der Waals surface area contributed by atoms with Gasteiger partial charge in [-0.3, -0.25) is 9.59 Å². The van der Waals surface area contributed by atoms with Crippen LogP contribution >= 0.6 is 0 Å². The molecule has 0 fully saturated rings. The number of hydrogen-bond acceptors (Lipinski definition) is 3. The Labute approximate surface area is 64.9 Å². The Balaban J connectivity index is 3.89. The molecule has 0 aromatic heterocycles. The number of hydrogen-bond donors (Lipinski definition) is 2. The lowest BCUT2D eigenvalue weighted by molar-refractivity contribution is -0.137. The average Bonchev–Trinajstić information content (AvgIpc) is 1.86. The van der Waals surface area contributed by atoms with Gasteiger partial charge in [0.15, 0.2) is 0 Å². The second-order valence-corrected chi connectivity index (χ2v) is 1.94. The molecule has 5 nitrogen and oxygen atoms in total. The molecule has 64 valence electrons. The van der Waals surface area contributed by atoms with Crippen LogP contribution < -0.4 is 11.1 Å². The summed E-state index contributed by atoms with van der Waals surface area (Å²) in [5, 5.41) is 2.24. The van der Waals surface area contributed by atoms with E-state index in [-0.39, 0.29) is 5.91 Å². The molecule has 3 N–H and O–H groups in total. The van der Waals surface area contributed by atoms with Crippen LogP contribution in [0.1, 0.15) is 13.8 Å². The molecule has 0 radical (unpaired) electrons. The molecule has 1 unspecified atom stereocenters. The molecule has 2 amide bonds. The van der Waals surface area contributed by atoms with E-state index in [1.807, 2.05) is 0 Å². The fraction of sp³-hybridized carbons (Fsp3) is 0.667. The van der Waals surface area contributed by atoms with Gasteiger partial charge in [-0.2, -0.15) is 0 Å². The highest BCUT2D eigenvalue weighted by Gasteiger charge is 2.14. The fourth-order valence-electron chi connectivity index (χ4n) is 0.546. The first-order chi connectivity index (χ1) is 5.07. The van der Waals surface area contributed by atoms with Crippen LogP contribution in [0.3, 0.4) is 0 Å². The summed E-state index contributed by atoms with van der Waals surface area (Å²) in [6.45, 7) is 3.32. The third-order valence-electron chi connectivity index (χ3n) is 0.926. The maximum absolute atomic E-state index is 10.5. The van der Waals surface area contributed by atoms with Crippen molar-refractivity contribution in [1.29, 1.82) is 0 Å². The fourth-order valence-corrected chi connectivity index (χ4v) is 0.546. The molecule has 0 saturated carbocycles. The van der Waals surface area contributed by atoms with Crippen molar-refractivity contribution in [1.82, 2.24) is 5.32 Å². The Morgan fingerprint density at radius 3 is 2.45 bits per heavy atom. The van der Waals surface area contributed by atoms with Crippen molar-refractivity contribution >= 4 is 11.8 Å². The molecule has 0 heterocycles. The Morgan fingerprint density at radius 1 is 1.64 bits per heavy atom. The van der Waals surface area contributed by atoms with E-state index in [1.165, 1.54) is 6.92 Å². The predicted octanol–water partition coefficient (Wildman–Crippen LogP) is -1.03. The minimum atomic E-state index is -1.00. The molecular formula is C6H12N2O3. The molecule has 0 spiro atoms. The van der Waals surface area contributed by atoms with Crippen LogP contribution in [0.25, 0.3) is 0 Å². The van der Waals surface area contributed by atoms with E-state index in [2.05, 4.69) is 5.32 Å². The lowest BCUT2D eigenvalue weighted by atomic mass is 10.5. The van der Waals surface area contributed by atoms with Crippen molar-refractivity contribution in [3.63, 3.8) is 0 Å². The van der Waals surface area contributed by atoms with E-state index in [1.54, 1.807) is 6.92 Å². The van der Waals surface area contributed by atoms with Crippen LogP contribution in [0.2, 0.25) is 0 Å². The highest BCUT2D eigenvalue weighted by atomic mass is 16.5. The van der Waals surface area contributed by atoms with Gasteiger partial charge >= 0.3 is 0 Å². The first kappa shape index (κ1) is 9.90. The molecule has 5 heteroatoms. The molecule has 0 aromatic carbocycles. The number of nitrogens with two attached hydrogens (primary N) is 1. The molecule has 0 aliphatic heterocycles. The maximum Gasteiger partial charge on any atom is 0.267 e. The van der Waals surface area contributed by atoms with E-state index in [9.17, 15) is 9.59 Å². The molecule has 0 bridgehead atoms. The summed E-state index contributed by atoms with van der Waals surface area (Å²) in [7, 11) is 0. The number of primary amides is 1. The molecule has 0 aromatic rings. The highest BCUT2D eigenvalue weighted by Crippen LogP contribution is 1.85. The van der Waals surface area contributed by atoms with Crippen LogP contribution in [-0.2, 0) is 14.3 Å². The SMILES string of the molecule is CCOC(NC(C)=O)C(N)=O. The van der Waals surface area contributed by atoms with Gasteiger partial charge in [0.1, 0.15) is 0 Å². The van der Waals surface area contributed by atoms with Crippen LogP contribution in [0.4, 0.5) is 0 Å². The zero-order valence-corrected chi connectivity index (χ0v) is 6.59. The summed E-state index contributed by atoms with van der Waals surface area (Å²) < 4.78 is 4.81. The largest absolute Gasteiger partial charge is 0.366 e. The van der Waals surface area contributed by atoms with Gasteiger partial charge in [-0.05, 0) is 6.92 Å². The van der Waals surface area contributed by atoms with Gasteiger partial charge < -0.3 is 15.8 Å². The van der Waals surface area contributed by atoms with Gasteiger partial charge in [-0.25, -0.2) is 0 Å². The Kier molecular flexibility index (Phi) is 4.21. The van der Waals surface area contributed by atoms with Gasteiger partial charge in [0.2, 0.25) is 12.1 Å². The Morgan fingerprint density at radius 2 is 2.18 bits per heavy atom. The molecule has 0 rings (SSSR count). The third kappa shape index (κ3) is 4.32. The topological polar surface area (TPSA) is 81.4 Å². The van der Waals surface area contributed by atoms with E-state index >= 15 is 0 Å². The van der Waals surface area contributed by atoms with Gasteiger partial charge in [-0.15, -0.1) is 0 Å². The first-order valence-corrected chi connectivity index (χ1v) is 3.26. The molecule has 0 aliphatic carbocycles. The molecule has 0 aliphatic rings. The lowest BCUT2D eigenvalue weighted by Crippen LogP contribution is -2.45. The van der Waals surface area contributed by atoms with Crippen LogP contribution in [-0.4, -0.2) is 24.6 Å². The van der Waals surface area contributed by atoms with Gasteiger partial charge in [0.25, 0.3) is 5.91 Å². The van der Waals surface area contributed by atoms with Crippen LogP contribution in [0.5, 0.6) is 0 Å². The van der Waals surface area contributed by atoms with Gasteiger partial charge in [-0.1, -0.05) is 0 Å². The van der Waals surface area contributed by atoms with Crippen molar-refractivity contribution in [3.05, 3.63) is 0 Å². The second kappa shape index (κ2) is 4.68. The van der Waals surface area contributed by atoms with Crippen molar-refractivity contribution < 1.29 is 14.3 Å². The van der Waals surface area contributed by atoms with Crippen molar-refractivity contribution in [2.45, 2.75) is 20.1 Å². The van der Waals surface area contributed by atoms with E-state index in [4.69, 9.17) is 10.5 Å². The quantitative estimate of drug-likeness (QED) is 0.516. The Hall–Kier alpha value is -1.10. The minimum absolute atomic E-state index is 0.327. The third-order valence-corrected chi connectivity index (χ3v) is 0.926. The minimum Gasteiger partial charge on any atom is -0.366 e. The van der Waals surface area contributed by atoms with Crippen LogP contribution in [0.15, 0.2) is 0 Å². The van der Waals surface area contributed by atoms with E-state index in [0.717, 1.165) is 0 Å². The summed E-state index contributed by atoms with van der Waals surface area (Å²) in [6, 6.07) is 0. The van der Waals surface area contributed by atoms with E-state index in [0.29, 0.717) is 6.61 Å². The molecular weight excluding hydrogens is 148 g/mol. The number of ether oxygens (including phenoxy) is 1. The highest BCUT2D eigenvalue weighted by molar-refractivity contribution is 5.84. The smallest absolute Gasteiger partial charge is 0.267 e. The summed E-state index contributed by atoms with van der Waals surface area (Å²) in [5.41, 5.74) is 4.89. The molecule has 0 saturated heterocycles. The number of nitrogens with one attached hydrogen (secondary N) is 1. The molecule has 1 atom stereocenters. The summed E-state index contributed by atoms with van der Waals surface area (Å²) in [6.07, 6.45) is -1.00. The van der Waals surface area contributed by atoms with Gasteiger partial charge in [0.05, 0.1) is 0 Å². The predicted molar refractivity (Wildman–Crippen MR) is 38.4 cm³/mol. The monoisotopic (exact) mass is 160 g/mol. The standard InChI is InChI=1S/C6H12N2O3/c1-3-11-6(5(7)10)8-4(2)9/h6H,3H2,1-2H3,(H2,7,10)(H,8,9). The second-order valence-electron chi connectivity index (χ2n) is 1.94. The first-order valence-electron chi connectivity index (χ1n) is 3.26. The number of carbonyl (C=O) groups is 2. The summed E-state index contributed by atoms with van der Waals surface area (Å²) in [4.78, 5) is 20.9. The number of amides is 2. The molecule has 11 heavy (non-hydrogen) atoms. The average molecular weight is 160 g/mol. The number of rotatable bonds is 4. The summed E-state index contributed by atoms with van der Waals surface area (Å²) >= 11 is 0. The Bertz CT molecular complexity index is 158. The van der Waals surface area contributed by atoms with E-state index < -0.39 is 12.1 Å².